The summed E-state index contributed by atoms with van der Waals surface area (Å²) in [5.74, 6) is -1.89. The normalized spacial score (nSPS) is 20.7. The number of carbonyl (C=O) groups is 2. The van der Waals surface area contributed by atoms with Crippen molar-refractivity contribution in [2.75, 3.05) is 18.1 Å². The van der Waals surface area contributed by atoms with Gasteiger partial charge in [0.15, 0.2) is 0 Å². The highest BCUT2D eigenvalue weighted by Gasteiger charge is 2.55. The van der Waals surface area contributed by atoms with Crippen LogP contribution in [-0.2, 0) is 9.59 Å². The summed E-state index contributed by atoms with van der Waals surface area (Å²) in [5.41, 5.74) is 3.96. The quantitative estimate of drug-likeness (QED) is 0.128. The van der Waals surface area contributed by atoms with Crippen molar-refractivity contribution in [1.82, 2.24) is 0 Å². The van der Waals surface area contributed by atoms with Crippen molar-refractivity contribution in [3.63, 3.8) is 0 Å². The van der Waals surface area contributed by atoms with Crippen LogP contribution in [0, 0.1) is 17.8 Å². The zero-order chi connectivity index (χ0) is 32.2. The molecule has 6 rings (SSSR count). The number of hydrogen-bond acceptors (Lipinski definition) is 6. The number of aliphatic hydroxyl groups excluding tert-OH is 2. The first-order valence-electron chi connectivity index (χ1n) is 15.9. The first-order valence-corrected chi connectivity index (χ1v) is 15.9. The molecule has 7 nitrogen and oxygen atoms in total. The topological polar surface area (TPSA) is 107 Å². The summed E-state index contributed by atoms with van der Waals surface area (Å²) in [7, 11) is 0. The summed E-state index contributed by atoms with van der Waals surface area (Å²) in [5, 5.41) is 34.7. The molecule has 1 fully saturated rings. The number of aliphatic hydroxyl groups is 2. The molecule has 0 saturated carbocycles. The van der Waals surface area contributed by atoms with E-state index in [9.17, 15) is 24.9 Å². The Balaban J connectivity index is 1.30. The van der Waals surface area contributed by atoms with Crippen LogP contribution in [-0.4, -0.2) is 46.5 Å². The van der Waals surface area contributed by atoms with Crippen LogP contribution in [0.1, 0.15) is 38.2 Å². The molecule has 1 heterocycles. The number of allylic oxidation sites excluding steroid dienone is 1. The molecule has 7 heteroatoms. The number of phenolic OH excluding ortho intramolecular Hbond substituents is 1. The highest BCUT2D eigenvalue weighted by molar-refractivity contribution is 6.22. The zero-order valence-electron chi connectivity index (χ0n) is 25.9. The van der Waals surface area contributed by atoms with Crippen LogP contribution in [0.4, 0.5) is 5.69 Å². The minimum absolute atomic E-state index is 0.138. The van der Waals surface area contributed by atoms with Crippen molar-refractivity contribution >= 4 is 34.4 Å². The molecular formula is C39H39NO6. The number of anilines is 1. The number of amides is 2. The van der Waals surface area contributed by atoms with Gasteiger partial charge in [-0.1, -0.05) is 85.3 Å². The molecule has 1 aliphatic carbocycles. The van der Waals surface area contributed by atoms with Crippen LogP contribution in [0.25, 0.3) is 16.8 Å². The Kier molecular flexibility index (Phi) is 9.33. The molecule has 0 spiro atoms. The van der Waals surface area contributed by atoms with Gasteiger partial charge in [0.1, 0.15) is 18.1 Å². The third-order valence-corrected chi connectivity index (χ3v) is 9.40. The van der Waals surface area contributed by atoms with Crippen LogP contribution in [0.15, 0.2) is 114 Å². The minimum Gasteiger partial charge on any atom is -0.507 e. The Bertz CT molecular complexity index is 1780. The number of imide groups is 1. The Morgan fingerprint density at radius 2 is 1.59 bits per heavy atom. The molecule has 46 heavy (non-hydrogen) atoms. The van der Waals surface area contributed by atoms with E-state index in [1.165, 1.54) is 4.90 Å². The highest BCUT2D eigenvalue weighted by Crippen LogP contribution is 2.47. The second-order valence-electron chi connectivity index (χ2n) is 12.1. The van der Waals surface area contributed by atoms with Gasteiger partial charge in [-0.05, 0) is 78.1 Å². The Labute approximate surface area is 269 Å². The van der Waals surface area contributed by atoms with Gasteiger partial charge in [0.2, 0.25) is 11.8 Å². The maximum Gasteiger partial charge on any atom is 0.238 e. The monoisotopic (exact) mass is 617 g/mol. The lowest BCUT2D eigenvalue weighted by molar-refractivity contribution is -0.123. The van der Waals surface area contributed by atoms with Gasteiger partial charge >= 0.3 is 0 Å². The highest BCUT2D eigenvalue weighted by atomic mass is 16.5. The fourth-order valence-corrected chi connectivity index (χ4v) is 7.09. The molecule has 1 saturated heterocycles. The van der Waals surface area contributed by atoms with Crippen LogP contribution in [0.2, 0.25) is 0 Å². The van der Waals surface area contributed by atoms with Gasteiger partial charge in [-0.25, -0.2) is 0 Å². The van der Waals surface area contributed by atoms with E-state index in [0.717, 1.165) is 33.9 Å². The van der Waals surface area contributed by atoms with Crippen molar-refractivity contribution < 1.29 is 29.6 Å². The van der Waals surface area contributed by atoms with Gasteiger partial charge < -0.3 is 20.1 Å². The summed E-state index contributed by atoms with van der Waals surface area (Å²) >= 11 is 0. The average Bonchev–Trinajstić information content (AvgIpc) is 3.35. The van der Waals surface area contributed by atoms with E-state index in [1.54, 1.807) is 30.3 Å². The molecular weight excluding hydrogens is 578 g/mol. The number of fused-ring (bicyclic) bond motifs is 2. The average molecular weight is 618 g/mol. The van der Waals surface area contributed by atoms with Crippen molar-refractivity contribution in [2.24, 2.45) is 17.8 Å². The lowest BCUT2D eigenvalue weighted by Gasteiger charge is -2.36. The Morgan fingerprint density at radius 1 is 0.913 bits per heavy atom. The number of phenols is 1. The molecule has 2 aliphatic rings. The van der Waals surface area contributed by atoms with Gasteiger partial charge in [0, 0.05) is 11.3 Å². The summed E-state index contributed by atoms with van der Waals surface area (Å²) in [6.45, 7) is 1.83. The third kappa shape index (κ3) is 6.08. The van der Waals surface area contributed by atoms with E-state index < -0.39 is 23.9 Å². The van der Waals surface area contributed by atoms with E-state index in [1.807, 2.05) is 66.7 Å². The van der Waals surface area contributed by atoms with Crippen LogP contribution in [0.3, 0.4) is 0 Å². The first kappa shape index (κ1) is 31.3. The van der Waals surface area contributed by atoms with E-state index in [4.69, 9.17) is 4.74 Å². The fraction of sp³-hybridized carbons (Fsp3) is 0.282. The second-order valence-corrected chi connectivity index (χ2v) is 12.1. The predicted octanol–water partition coefficient (Wildman–Crippen LogP) is 6.67. The largest absolute Gasteiger partial charge is 0.507 e. The Morgan fingerprint density at radius 3 is 2.28 bits per heavy atom. The molecule has 0 radical (unpaired) electrons. The SMILES string of the molecule is CC/C(=C\c1ccc(O)c2ccccc12)CC[C@@H](O)C1=C(COc2ccccc2)C[C@H]2C(=O)N(c3ccccc3)C(=O)[C@H]2[C@H]1CO. The summed E-state index contributed by atoms with van der Waals surface area (Å²) in [6.07, 6.45) is 3.14. The molecule has 0 aromatic heterocycles. The fourth-order valence-electron chi connectivity index (χ4n) is 7.09. The number of carbonyl (C=O) groups excluding carboxylic acids is 2. The van der Waals surface area contributed by atoms with E-state index in [2.05, 4.69) is 13.0 Å². The molecule has 1 aliphatic heterocycles. The van der Waals surface area contributed by atoms with Crippen molar-refractivity contribution in [3.8, 4) is 11.5 Å². The number of rotatable bonds is 11. The molecule has 4 atom stereocenters. The van der Waals surface area contributed by atoms with Crippen LogP contribution >= 0.6 is 0 Å². The van der Waals surface area contributed by atoms with Gasteiger partial charge in [0.25, 0.3) is 0 Å². The van der Waals surface area contributed by atoms with Gasteiger partial charge in [0.05, 0.1) is 30.2 Å². The number of ether oxygens (including phenoxy) is 1. The predicted molar refractivity (Wildman–Crippen MR) is 179 cm³/mol. The smallest absolute Gasteiger partial charge is 0.238 e. The summed E-state index contributed by atoms with van der Waals surface area (Å²) < 4.78 is 6.12. The summed E-state index contributed by atoms with van der Waals surface area (Å²) in [4.78, 5) is 28.8. The van der Waals surface area contributed by atoms with E-state index in [-0.39, 0.29) is 37.2 Å². The number of para-hydroxylation sites is 2. The molecule has 3 N–H and O–H groups in total. The molecule has 4 aromatic rings. The lowest BCUT2D eigenvalue weighted by Crippen LogP contribution is -2.40. The summed E-state index contributed by atoms with van der Waals surface area (Å²) in [6, 6.07) is 29.5. The molecule has 236 valence electrons. The van der Waals surface area contributed by atoms with E-state index in [0.29, 0.717) is 29.9 Å². The van der Waals surface area contributed by atoms with Crippen molar-refractivity contribution in [1.29, 1.82) is 0 Å². The van der Waals surface area contributed by atoms with Crippen LogP contribution < -0.4 is 9.64 Å². The number of benzene rings is 4. The number of hydrogen-bond donors (Lipinski definition) is 3. The molecule has 2 amide bonds. The number of nitrogens with zero attached hydrogens (tertiary/aromatic N) is 1. The lowest BCUT2D eigenvalue weighted by atomic mass is 9.68. The van der Waals surface area contributed by atoms with Crippen molar-refractivity contribution in [2.45, 2.75) is 38.7 Å². The molecule has 0 unspecified atom stereocenters. The van der Waals surface area contributed by atoms with Gasteiger partial charge in [-0.15, -0.1) is 0 Å². The number of aromatic hydroxyl groups is 1. The molecule has 4 aromatic carbocycles. The van der Waals surface area contributed by atoms with Gasteiger partial charge in [-0.3, -0.25) is 14.5 Å². The van der Waals surface area contributed by atoms with Crippen LogP contribution in [0.5, 0.6) is 11.5 Å². The standard InChI is InChI=1S/C39H39NO6/c1-2-25(21-26-18-20-34(42)31-16-10-9-15-30(26)31)17-19-35(43)36-27(24-46-29-13-7-4-8-14-29)22-32-37(33(36)23-41)39(45)40(38(32)44)28-11-5-3-6-12-28/h3-16,18,20-21,32-33,35,37,41-43H,2,17,19,22-24H2,1H3/b25-21+/t32-,33+,35-,37-/m1/s1. The minimum atomic E-state index is -0.951. The molecule has 0 bridgehead atoms. The van der Waals surface area contributed by atoms with Gasteiger partial charge in [-0.2, -0.15) is 0 Å². The van der Waals surface area contributed by atoms with E-state index >= 15 is 0 Å². The maximum atomic E-state index is 13.9. The second kappa shape index (κ2) is 13.7. The maximum absolute atomic E-state index is 13.9. The van der Waals surface area contributed by atoms with Crippen molar-refractivity contribution in [3.05, 3.63) is 119 Å². The zero-order valence-corrected chi connectivity index (χ0v) is 25.9. The Hall–Kier alpha value is -4.72. The third-order valence-electron chi connectivity index (χ3n) is 9.40. The first-order chi connectivity index (χ1) is 22.4.